The van der Waals surface area contributed by atoms with Gasteiger partial charge >= 0.3 is 0 Å². The molecule has 0 radical (unpaired) electrons. The summed E-state index contributed by atoms with van der Waals surface area (Å²) in [7, 11) is 1.52. The number of phenols is 1. The van der Waals surface area contributed by atoms with E-state index < -0.39 is 5.41 Å². The first-order valence-corrected chi connectivity index (χ1v) is 8.22. The Kier molecular flexibility index (Phi) is 5.57. The second-order valence-electron chi connectivity index (χ2n) is 7.09. The first-order chi connectivity index (χ1) is 11.7. The molecule has 2 rings (SSSR count). The van der Waals surface area contributed by atoms with E-state index in [0.717, 1.165) is 22.5 Å². The minimum atomic E-state index is -0.448. The Bertz CT molecular complexity index is 764. The van der Waals surface area contributed by atoms with Gasteiger partial charge in [-0.25, -0.2) is 0 Å². The third-order valence-corrected chi connectivity index (χ3v) is 3.91. The van der Waals surface area contributed by atoms with Crippen LogP contribution in [0.3, 0.4) is 0 Å². The number of carbonyl (C=O) groups is 1. The molecule has 1 amide bonds. The number of carbonyl (C=O) groups excluding carboxylic acids is 1. The van der Waals surface area contributed by atoms with Crippen LogP contribution in [0.25, 0.3) is 0 Å². The number of phenolic OH excluding ortho intramolecular Hbond substituents is 1. The molecule has 0 saturated carbocycles. The summed E-state index contributed by atoms with van der Waals surface area (Å²) in [6, 6.07) is 11.1. The minimum Gasteiger partial charge on any atom is -0.504 e. The fourth-order valence-corrected chi connectivity index (χ4v) is 2.23. The van der Waals surface area contributed by atoms with Crippen LogP contribution in [0.1, 0.15) is 31.9 Å². The van der Waals surface area contributed by atoms with Crippen molar-refractivity contribution in [1.82, 2.24) is 0 Å². The van der Waals surface area contributed by atoms with Gasteiger partial charge in [0.15, 0.2) is 11.5 Å². The van der Waals surface area contributed by atoms with Gasteiger partial charge in [-0.2, -0.15) is 0 Å². The number of rotatable bonds is 5. The molecular formula is C20H26N2O3. The summed E-state index contributed by atoms with van der Waals surface area (Å²) in [5.41, 5.74) is 3.17. The third kappa shape index (κ3) is 4.89. The Hall–Kier alpha value is -2.69. The fourth-order valence-electron chi connectivity index (χ4n) is 2.23. The molecule has 25 heavy (non-hydrogen) atoms. The Labute approximate surface area is 149 Å². The van der Waals surface area contributed by atoms with E-state index in [0.29, 0.717) is 12.3 Å². The van der Waals surface area contributed by atoms with Crippen molar-refractivity contribution in [2.75, 3.05) is 17.7 Å². The van der Waals surface area contributed by atoms with Crippen molar-refractivity contribution < 1.29 is 14.6 Å². The lowest BCUT2D eigenvalue weighted by Gasteiger charge is -2.19. The molecule has 0 aliphatic carbocycles. The first-order valence-electron chi connectivity index (χ1n) is 8.22. The predicted molar refractivity (Wildman–Crippen MR) is 101 cm³/mol. The molecule has 0 heterocycles. The number of nitrogens with one attached hydrogen (secondary N) is 2. The molecule has 0 fully saturated rings. The van der Waals surface area contributed by atoms with Crippen LogP contribution in [0.15, 0.2) is 36.4 Å². The number of hydrogen-bond acceptors (Lipinski definition) is 4. The lowest BCUT2D eigenvalue weighted by atomic mass is 9.95. The van der Waals surface area contributed by atoms with Crippen LogP contribution in [0.2, 0.25) is 0 Å². The Morgan fingerprint density at radius 3 is 2.48 bits per heavy atom. The minimum absolute atomic E-state index is 0.0205. The molecule has 0 bridgehead atoms. The van der Waals surface area contributed by atoms with Gasteiger partial charge in [0.1, 0.15) is 0 Å². The Morgan fingerprint density at radius 2 is 1.88 bits per heavy atom. The van der Waals surface area contributed by atoms with E-state index in [2.05, 4.69) is 10.6 Å². The van der Waals surface area contributed by atoms with Gasteiger partial charge in [-0.15, -0.1) is 0 Å². The summed E-state index contributed by atoms with van der Waals surface area (Å²) >= 11 is 0. The molecule has 2 aromatic carbocycles. The highest BCUT2D eigenvalue weighted by molar-refractivity contribution is 5.95. The van der Waals surface area contributed by atoms with E-state index in [9.17, 15) is 9.90 Å². The number of amides is 1. The second kappa shape index (κ2) is 7.47. The maximum Gasteiger partial charge on any atom is 0.229 e. The lowest BCUT2D eigenvalue weighted by molar-refractivity contribution is -0.123. The summed E-state index contributed by atoms with van der Waals surface area (Å²) in [4.78, 5) is 12.2. The van der Waals surface area contributed by atoms with Crippen LogP contribution in [0, 0.1) is 12.3 Å². The molecule has 0 aliphatic rings. The zero-order valence-electron chi connectivity index (χ0n) is 15.4. The van der Waals surface area contributed by atoms with Crippen LogP contribution in [-0.2, 0) is 11.3 Å². The number of benzene rings is 2. The van der Waals surface area contributed by atoms with Gasteiger partial charge < -0.3 is 20.5 Å². The fraction of sp³-hybridized carbons (Fsp3) is 0.350. The summed E-state index contributed by atoms with van der Waals surface area (Å²) in [5.74, 6) is 0.544. The van der Waals surface area contributed by atoms with Crippen molar-refractivity contribution in [3.05, 3.63) is 47.5 Å². The average Bonchev–Trinajstić information content (AvgIpc) is 2.54. The molecule has 0 atom stereocenters. The van der Waals surface area contributed by atoms with E-state index >= 15 is 0 Å². The van der Waals surface area contributed by atoms with Crippen molar-refractivity contribution in [3.63, 3.8) is 0 Å². The van der Waals surface area contributed by atoms with Crippen LogP contribution in [0.5, 0.6) is 11.5 Å². The highest BCUT2D eigenvalue weighted by atomic mass is 16.5. The monoisotopic (exact) mass is 342 g/mol. The van der Waals surface area contributed by atoms with Crippen LogP contribution in [-0.4, -0.2) is 18.1 Å². The molecule has 0 saturated heterocycles. The van der Waals surface area contributed by atoms with E-state index in [1.165, 1.54) is 7.11 Å². The number of aromatic hydroxyl groups is 1. The number of methoxy groups -OCH3 is 1. The van der Waals surface area contributed by atoms with E-state index in [1.807, 2.05) is 52.0 Å². The van der Waals surface area contributed by atoms with Crippen LogP contribution >= 0.6 is 0 Å². The molecular weight excluding hydrogens is 316 g/mol. The zero-order chi connectivity index (χ0) is 18.6. The van der Waals surface area contributed by atoms with Crippen molar-refractivity contribution >= 4 is 17.3 Å². The van der Waals surface area contributed by atoms with Gasteiger partial charge in [-0.3, -0.25) is 4.79 Å². The SMILES string of the molecule is COc1ccc(CNc2ccc(C)c(NC(=O)C(C)(C)C)c2)cc1O. The van der Waals surface area contributed by atoms with Gasteiger partial charge in [-0.1, -0.05) is 32.9 Å². The van der Waals surface area contributed by atoms with Crippen molar-refractivity contribution in [1.29, 1.82) is 0 Å². The van der Waals surface area contributed by atoms with Gasteiger partial charge in [-0.05, 0) is 42.3 Å². The Morgan fingerprint density at radius 1 is 1.16 bits per heavy atom. The molecule has 5 nitrogen and oxygen atoms in total. The molecule has 2 aromatic rings. The quantitative estimate of drug-likeness (QED) is 0.757. The van der Waals surface area contributed by atoms with Crippen molar-refractivity contribution in [2.24, 2.45) is 5.41 Å². The van der Waals surface area contributed by atoms with E-state index in [4.69, 9.17) is 4.74 Å². The van der Waals surface area contributed by atoms with Gasteiger partial charge in [0.2, 0.25) is 5.91 Å². The number of ether oxygens (including phenoxy) is 1. The van der Waals surface area contributed by atoms with E-state index in [-0.39, 0.29) is 11.7 Å². The van der Waals surface area contributed by atoms with Crippen molar-refractivity contribution in [3.8, 4) is 11.5 Å². The lowest BCUT2D eigenvalue weighted by Crippen LogP contribution is -2.27. The summed E-state index contributed by atoms with van der Waals surface area (Å²) in [6.07, 6.45) is 0. The van der Waals surface area contributed by atoms with Gasteiger partial charge in [0.25, 0.3) is 0 Å². The van der Waals surface area contributed by atoms with Gasteiger partial charge in [0.05, 0.1) is 7.11 Å². The van der Waals surface area contributed by atoms with E-state index in [1.54, 1.807) is 12.1 Å². The Balaban J connectivity index is 2.09. The van der Waals surface area contributed by atoms with Crippen LogP contribution in [0.4, 0.5) is 11.4 Å². The average molecular weight is 342 g/mol. The first kappa shape index (κ1) is 18.6. The molecule has 0 aliphatic heterocycles. The topological polar surface area (TPSA) is 70.6 Å². The van der Waals surface area contributed by atoms with Gasteiger partial charge in [0, 0.05) is 23.3 Å². The highest BCUT2D eigenvalue weighted by Gasteiger charge is 2.21. The number of hydrogen-bond donors (Lipinski definition) is 3. The molecule has 3 N–H and O–H groups in total. The maximum absolute atomic E-state index is 12.2. The second-order valence-corrected chi connectivity index (χ2v) is 7.09. The van der Waals surface area contributed by atoms with Crippen molar-refractivity contribution in [2.45, 2.75) is 34.2 Å². The third-order valence-electron chi connectivity index (χ3n) is 3.91. The predicted octanol–water partition coefficient (Wildman–Crippen LogP) is 4.31. The largest absolute Gasteiger partial charge is 0.504 e. The normalized spacial score (nSPS) is 11.1. The highest BCUT2D eigenvalue weighted by Crippen LogP contribution is 2.27. The van der Waals surface area contributed by atoms with Crippen LogP contribution < -0.4 is 15.4 Å². The maximum atomic E-state index is 12.2. The summed E-state index contributed by atoms with van der Waals surface area (Å²) < 4.78 is 5.05. The standard InChI is InChI=1S/C20H26N2O3/c1-13-6-8-15(11-16(13)22-19(24)20(2,3)4)21-12-14-7-9-18(25-5)17(23)10-14/h6-11,21,23H,12H2,1-5H3,(H,22,24). The number of aryl methyl sites for hydroxylation is 1. The molecule has 134 valence electrons. The summed E-state index contributed by atoms with van der Waals surface area (Å²) in [5, 5.41) is 16.1. The summed E-state index contributed by atoms with van der Waals surface area (Å²) in [6.45, 7) is 8.17. The molecule has 5 heteroatoms. The number of anilines is 2. The molecule has 0 unspecified atom stereocenters. The zero-order valence-corrected chi connectivity index (χ0v) is 15.4. The molecule has 0 aromatic heterocycles. The molecule has 0 spiro atoms. The smallest absolute Gasteiger partial charge is 0.229 e.